The van der Waals surface area contributed by atoms with Gasteiger partial charge in [0, 0.05) is 20.8 Å². The third kappa shape index (κ3) is 3.41. The minimum atomic E-state index is -0.0582. The third-order valence-electron chi connectivity index (χ3n) is 2.78. The molecule has 0 N–H and O–H groups in total. The van der Waals surface area contributed by atoms with Crippen LogP contribution in [0.1, 0.15) is 10.4 Å². The van der Waals surface area contributed by atoms with Crippen molar-refractivity contribution in [3.8, 4) is 0 Å². The SMILES string of the molecule is C=CCN(C(=O)c1ccccc1I)c1cccc(Cl)c1. The van der Waals surface area contributed by atoms with Gasteiger partial charge in [-0.05, 0) is 52.9 Å². The van der Waals surface area contributed by atoms with Crippen molar-refractivity contribution >= 4 is 45.8 Å². The minimum Gasteiger partial charge on any atom is -0.304 e. The van der Waals surface area contributed by atoms with Crippen LogP contribution in [0.2, 0.25) is 5.02 Å². The van der Waals surface area contributed by atoms with Gasteiger partial charge in [0.2, 0.25) is 0 Å². The van der Waals surface area contributed by atoms with Gasteiger partial charge in [0.05, 0.1) is 5.56 Å². The first-order chi connectivity index (χ1) is 9.63. The summed E-state index contributed by atoms with van der Waals surface area (Å²) in [5.41, 5.74) is 1.44. The Hall–Kier alpha value is -1.33. The molecule has 0 radical (unpaired) electrons. The maximum atomic E-state index is 12.7. The molecule has 0 unspecified atom stereocenters. The first-order valence-corrected chi connectivity index (χ1v) is 7.52. The Balaban J connectivity index is 2.41. The van der Waals surface area contributed by atoms with Gasteiger partial charge in [-0.25, -0.2) is 0 Å². The van der Waals surface area contributed by atoms with E-state index in [1.165, 1.54) is 0 Å². The van der Waals surface area contributed by atoms with E-state index in [4.69, 9.17) is 11.6 Å². The first-order valence-electron chi connectivity index (χ1n) is 6.06. The molecule has 2 rings (SSSR count). The molecule has 0 aliphatic rings. The van der Waals surface area contributed by atoms with Crippen LogP contribution in [0.3, 0.4) is 0 Å². The van der Waals surface area contributed by atoms with E-state index in [0.29, 0.717) is 17.1 Å². The summed E-state index contributed by atoms with van der Waals surface area (Å²) in [5.74, 6) is -0.0582. The zero-order valence-corrected chi connectivity index (χ0v) is 13.6. The number of hydrogen-bond acceptors (Lipinski definition) is 1. The fourth-order valence-corrected chi connectivity index (χ4v) is 2.66. The zero-order valence-electron chi connectivity index (χ0n) is 10.7. The normalized spacial score (nSPS) is 10.1. The molecule has 0 aliphatic carbocycles. The van der Waals surface area contributed by atoms with Crippen LogP contribution >= 0.6 is 34.2 Å². The fraction of sp³-hybridized carbons (Fsp3) is 0.0625. The minimum absolute atomic E-state index is 0.0582. The van der Waals surface area contributed by atoms with Crippen LogP contribution in [-0.2, 0) is 0 Å². The Morgan fingerprint density at radius 1 is 1.25 bits per heavy atom. The van der Waals surface area contributed by atoms with E-state index in [0.717, 1.165) is 9.26 Å². The van der Waals surface area contributed by atoms with Crippen LogP contribution in [0.5, 0.6) is 0 Å². The molecule has 2 aromatic carbocycles. The number of hydrogen-bond donors (Lipinski definition) is 0. The Labute approximate surface area is 137 Å². The van der Waals surface area contributed by atoms with Crippen LogP contribution < -0.4 is 4.90 Å². The number of rotatable bonds is 4. The Morgan fingerprint density at radius 3 is 2.65 bits per heavy atom. The molecule has 4 heteroatoms. The van der Waals surface area contributed by atoms with Gasteiger partial charge in [-0.2, -0.15) is 0 Å². The van der Waals surface area contributed by atoms with Crippen LogP contribution in [0.4, 0.5) is 5.69 Å². The predicted molar refractivity (Wildman–Crippen MR) is 92.5 cm³/mol. The quantitative estimate of drug-likeness (QED) is 0.537. The van der Waals surface area contributed by atoms with Crippen molar-refractivity contribution in [2.45, 2.75) is 0 Å². The highest BCUT2D eigenvalue weighted by Crippen LogP contribution is 2.23. The topological polar surface area (TPSA) is 20.3 Å². The summed E-state index contributed by atoms with van der Waals surface area (Å²) in [4.78, 5) is 14.4. The summed E-state index contributed by atoms with van der Waals surface area (Å²) in [7, 11) is 0. The molecule has 20 heavy (non-hydrogen) atoms. The molecule has 2 nitrogen and oxygen atoms in total. The lowest BCUT2D eigenvalue weighted by Crippen LogP contribution is -2.31. The largest absolute Gasteiger partial charge is 0.304 e. The Bertz CT molecular complexity index is 642. The van der Waals surface area contributed by atoms with Gasteiger partial charge in [-0.15, -0.1) is 6.58 Å². The zero-order chi connectivity index (χ0) is 14.5. The molecule has 1 amide bonds. The summed E-state index contributed by atoms with van der Waals surface area (Å²) in [5, 5.41) is 0.604. The molecule has 102 valence electrons. The lowest BCUT2D eigenvalue weighted by Gasteiger charge is -2.22. The smallest absolute Gasteiger partial charge is 0.259 e. The molecule has 0 saturated heterocycles. The fourth-order valence-electron chi connectivity index (χ4n) is 1.86. The van der Waals surface area contributed by atoms with Crippen molar-refractivity contribution in [3.05, 3.63) is 75.3 Å². The molecule has 0 saturated carbocycles. The standard InChI is InChI=1S/C16H13ClINO/c1-2-10-19(13-7-5-6-12(17)11-13)16(20)14-8-3-4-9-15(14)18/h2-9,11H,1,10H2. The van der Waals surface area contributed by atoms with Crippen LogP contribution in [0.15, 0.2) is 61.2 Å². The number of halogens is 2. The number of anilines is 1. The second-order valence-corrected chi connectivity index (χ2v) is 5.76. The summed E-state index contributed by atoms with van der Waals surface area (Å²) in [6.07, 6.45) is 1.70. The van der Waals surface area contributed by atoms with Crippen LogP contribution in [-0.4, -0.2) is 12.5 Å². The monoisotopic (exact) mass is 397 g/mol. The summed E-state index contributed by atoms with van der Waals surface area (Å²) < 4.78 is 0.922. The number of carbonyl (C=O) groups is 1. The van der Waals surface area contributed by atoms with Crippen molar-refractivity contribution in [2.75, 3.05) is 11.4 Å². The maximum Gasteiger partial charge on any atom is 0.259 e. The van der Waals surface area contributed by atoms with E-state index in [-0.39, 0.29) is 5.91 Å². The van der Waals surface area contributed by atoms with Gasteiger partial charge in [-0.1, -0.05) is 35.9 Å². The predicted octanol–water partition coefficient (Wildman–Crippen LogP) is 4.78. The molecule has 0 heterocycles. The molecule has 0 atom stereocenters. The van der Waals surface area contributed by atoms with E-state index in [1.54, 1.807) is 23.1 Å². The summed E-state index contributed by atoms with van der Waals surface area (Å²) >= 11 is 8.17. The molecule has 0 fully saturated rings. The van der Waals surface area contributed by atoms with E-state index in [2.05, 4.69) is 29.2 Å². The third-order valence-corrected chi connectivity index (χ3v) is 3.96. The number of carbonyl (C=O) groups excluding carboxylic acids is 1. The second-order valence-electron chi connectivity index (χ2n) is 4.16. The average Bonchev–Trinajstić information content (AvgIpc) is 2.44. The summed E-state index contributed by atoms with van der Waals surface area (Å²) in [6.45, 7) is 4.15. The number of benzene rings is 2. The van der Waals surface area contributed by atoms with Gasteiger partial charge < -0.3 is 4.90 Å². The lowest BCUT2D eigenvalue weighted by molar-refractivity contribution is 0.0989. The average molecular weight is 398 g/mol. The second kappa shape index (κ2) is 6.90. The van der Waals surface area contributed by atoms with Gasteiger partial charge >= 0.3 is 0 Å². The maximum absolute atomic E-state index is 12.7. The van der Waals surface area contributed by atoms with Crippen LogP contribution in [0.25, 0.3) is 0 Å². The Kier molecular flexibility index (Phi) is 5.20. The van der Waals surface area contributed by atoms with Gasteiger partial charge in [0.15, 0.2) is 0 Å². The van der Waals surface area contributed by atoms with Gasteiger partial charge in [-0.3, -0.25) is 4.79 Å². The van der Waals surface area contributed by atoms with Crippen LogP contribution in [0, 0.1) is 3.57 Å². The van der Waals surface area contributed by atoms with Crippen molar-refractivity contribution in [1.82, 2.24) is 0 Å². The van der Waals surface area contributed by atoms with Crippen molar-refractivity contribution in [2.24, 2.45) is 0 Å². The van der Waals surface area contributed by atoms with Gasteiger partial charge in [0.1, 0.15) is 0 Å². The van der Waals surface area contributed by atoms with Crippen molar-refractivity contribution < 1.29 is 4.79 Å². The molecular formula is C16H13ClINO. The molecule has 0 aliphatic heterocycles. The highest BCUT2D eigenvalue weighted by atomic mass is 127. The Morgan fingerprint density at radius 2 is 2.00 bits per heavy atom. The summed E-state index contributed by atoms with van der Waals surface area (Å²) in [6, 6.07) is 14.8. The molecular weight excluding hydrogens is 385 g/mol. The molecule has 2 aromatic rings. The highest BCUT2D eigenvalue weighted by Gasteiger charge is 2.18. The van der Waals surface area contributed by atoms with Gasteiger partial charge in [0.25, 0.3) is 5.91 Å². The highest BCUT2D eigenvalue weighted by molar-refractivity contribution is 14.1. The lowest BCUT2D eigenvalue weighted by atomic mass is 10.2. The van der Waals surface area contributed by atoms with E-state index in [1.807, 2.05) is 36.4 Å². The molecule has 0 bridgehead atoms. The number of amides is 1. The van der Waals surface area contributed by atoms with E-state index in [9.17, 15) is 4.79 Å². The molecule has 0 aromatic heterocycles. The molecule has 0 spiro atoms. The first kappa shape index (κ1) is 15.1. The van der Waals surface area contributed by atoms with Crippen molar-refractivity contribution in [1.29, 1.82) is 0 Å². The van der Waals surface area contributed by atoms with E-state index >= 15 is 0 Å². The number of nitrogens with zero attached hydrogens (tertiary/aromatic N) is 1. The van der Waals surface area contributed by atoms with Crippen molar-refractivity contribution in [3.63, 3.8) is 0 Å². The van der Waals surface area contributed by atoms with E-state index < -0.39 is 0 Å².